The van der Waals surface area contributed by atoms with Crippen molar-refractivity contribution in [2.24, 2.45) is 7.05 Å². The van der Waals surface area contributed by atoms with E-state index in [0.29, 0.717) is 39.9 Å². The predicted molar refractivity (Wildman–Crippen MR) is 124 cm³/mol. The summed E-state index contributed by atoms with van der Waals surface area (Å²) in [6, 6.07) is 11.2. The van der Waals surface area contributed by atoms with E-state index < -0.39 is 0 Å². The summed E-state index contributed by atoms with van der Waals surface area (Å²) >= 11 is 0. The van der Waals surface area contributed by atoms with Gasteiger partial charge in [-0.25, -0.2) is 9.50 Å². The van der Waals surface area contributed by atoms with Crippen LogP contribution in [0.4, 0.5) is 22.9 Å². The molecular weight excluding hydrogens is 422 g/mol. The summed E-state index contributed by atoms with van der Waals surface area (Å²) < 4.78 is 2.98. The molecule has 3 aromatic heterocycles. The zero-order valence-electron chi connectivity index (χ0n) is 18.2. The molecule has 11 heteroatoms. The molecule has 0 spiro atoms. The van der Waals surface area contributed by atoms with Crippen molar-refractivity contribution in [3.05, 3.63) is 60.2 Å². The molecule has 4 N–H and O–H groups in total. The molecule has 3 heterocycles. The summed E-state index contributed by atoms with van der Waals surface area (Å²) in [6.45, 7) is 0. The first-order chi connectivity index (χ1) is 16.0. The van der Waals surface area contributed by atoms with Gasteiger partial charge in [-0.05, 0) is 25.0 Å². The minimum atomic E-state index is -0.314. The molecule has 0 atom stereocenters. The fraction of sp³-hybridized carbons (Fsp3) is 0.227. The van der Waals surface area contributed by atoms with Crippen LogP contribution in [-0.4, -0.2) is 49.3 Å². The Morgan fingerprint density at radius 1 is 1.06 bits per heavy atom. The number of rotatable bonds is 7. The second kappa shape index (κ2) is 8.26. The van der Waals surface area contributed by atoms with Gasteiger partial charge >= 0.3 is 0 Å². The fourth-order valence-electron chi connectivity index (χ4n) is 3.50. The first kappa shape index (κ1) is 20.5. The topological polar surface area (TPSA) is 130 Å². The zero-order chi connectivity index (χ0) is 22.9. The first-order valence-corrected chi connectivity index (χ1v) is 10.6. The standard InChI is InChI=1S/C22H23N9O2/c1-23-15-10-18(29-31-17(12-24-20(15)31)21(32)26-14-8-9-14)28-16-11-25-30(2)19(16)22(33)27-13-6-4-3-5-7-13/h3-7,10-12,14,23H,8-9H2,1-2H3,(H,26,32)(H,27,33)(H,28,29). The molecule has 0 unspecified atom stereocenters. The number of amides is 2. The van der Waals surface area contributed by atoms with Crippen molar-refractivity contribution in [3.63, 3.8) is 0 Å². The molecule has 4 aromatic rings. The third-order valence-electron chi connectivity index (χ3n) is 5.33. The highest BCUT2D eigenvalue weighted by Crippen LogP contribution is 2.25. The van der Waals surface area contributed by atoms with Crippen LogP contribution in [0.2, 0.25) is 0 Å². The number of nitrogens with one attached hydrogen (secondary N) is 4. The van der Waals surface area contributed by atoms with Gasteiger partial charge in [0, 0.05) is 31.9 Å². The van der Waals surface area contributed by atoms with E-state index in [-0.39, 0.29) is 17.9 Å². The Bertz CT molecular complexity index is 1340. The molecule has 0 saturated heterocycles. The Balaban J connectivity index is 1.47. The second-order valence-corrected chi connectivity index (χ2v) is 7.80. The van der Waals surface area contributed by atoms with E-state index in [9.17, 15) is 9.59 Å². The molecule has 1 saturated carbocycles. The van der Waals surface area contributed by atoms with Gasteiger partial charge in [-0.15, -0.1) is 5.10 Å². The van der Waals surface area contributed by atoms with Crippen molar-refractivity contribution in [1.29, 1.82) is 0 Å². The van der Waals surface area contributed by atoms with E-state index in [1.165, 1.54) is 15.4 Å². The quantitative estimate of drug-likeness (QED) is 0.344. The van der Waals surface area contributed by atoms with Gasteiger partial charge in [0.15, 0.2) is 17.2 Å². The summed E-state index contributed by atoms with van der Waals surface area (Å²) in [5.41, 5.74) is 3.03. The predicted octanol–water partition coefficient (Wildman–Crippen LogP) is 2.39. The first-order valence-electron chi connectivity index (χ1n) is 10.6. The number of nitrogens with zero attached hydrogens (tertiary/aromatic N) is 5. The van der Waals surface area contributed by atoms with Crippen LogP contribution in [0.15, 0.2) is 48.8 Å². The normalized spacial score (nSPS) is 13.0. The number of aryl methyl sites for hydroxylation is 1. The van der Waals surface area contributed by atoms with Gasteiger partial charge in [-0.2, -0.15) is 5.10 Å². The number of benzene rings is 1. The average molecular weight is 445 g/mol. The Hall–Kier alpha value is -4.41. The Morgan fingerprint density at radius 3 is 2.58 bits per heavy atom. The van der Waals surface area contributed by atoms with Crippen LogP contribution >= 0.6 is 0 Å². The number of para-hydroxylation sites is 1. The lowest BCUT2D eigenvalue weighted by Gasteiger charge is -2.11. The van der Waals surface area contributed by atoms with Crippen molar-refractivity contribution < 1.29 is 9.59 Å². The van der Waals surface area contributed by atoms with Gasteiger partial charge in [0.1, 0.15) is 5.69 Å². The molecule has 33 heavy (non-hydrogen) atoms. The summed E-state index contributed by atoms with van der Waals surface area (Å²) in [6.07, 6.45) is 5.03. The Labute approximate surface area is 189 Å². The minimum Gasteiger partial charge on any atom is -0.385 e. The molecule has 168 valence electrons. The lowest BCUT2D eigenvalue weighted by Crippen LogP contribution is -2.27. The van der Waals surface area contributed by atoms with E-state index >= 15 is 0 Å². The fourth-order valence-corrected chi connectivity index (χ4v) is 3.50. The van der Waals surface area contributed by atoms with Crippen LogP contribution in [0.5, 0.6) is 0 Å². The maximum Gasteiger partial charge on any atom is 0.276 e. The van der Waals surface area contributed by atoms with Gasteiger partial charge in [-0.3, -0.25) is 14.3 Å². The molecule has 11 nitrogen and oxygen atoms in total. The van der Waals surface area contributed by atoms with Gasteiger partial charge < -0.3 is 21.3 Å². The maximum atomic E-state index is 12.9. The van der Waals surface area contributed by atoms with Crippen LogP contribution in [0.3, 0.4) is 0 Å². The van der Waals surface area contributed by atoms with E-state index in [1.54, 1.807) is 26.4 Å². The van der Waals surface area contributed by atoms with Crippen molar-refractivity contribution in [2.75, 3.05) is 23.0 Å². The number of fused-ring (bicyclic) bond motifs is 1. The highest BCUT2D eigenvalue weighted by Gasteiger charge is 2.26. The maximum absolute atomic E-state index is 12.9. The molecule has 1 aliphatic carbocycles. The van der Waals surface area contributed by atoms with Gasteiger partial charge in [0.05, 0.1) is 23.8 Å². The van der Waals surface area contributed by atoms with Crippen LogP contribution in [-0.2, 0) is 7.05 Å². The number of imidazole rings is 1. The van der Waals surface area contributed by atoms with Crippen molar-refractivity contribution >= 4 is 40.3 Å². The largest absolute Gasteiger partial charge is 0.385 e. The smallest absolute Gasteiger partial charge is 0.276 e. The number of anilines is 4. The van der Waals surface area contributed by atoms with Crippen LogP contribution in [0.1, 0.15) is 33.8 Å². The number of aromatic nitrogens is 5. The molecule has 0 bridgehead atoms. The van der Waals surface area contributed by atoms with Gasteiger partial charge in [0.2, 0.25) is 0 Å². The summed E-state index contributed by atoms with van der Waals surface area (Å²) in [7, 11) is 3.46. The zero-order valence-corrected chi connectivity index (χ0v) is 18.2. The number of carbonyl (C=O) groups is 2. The number of hydrogen-bond donors (Lipinski definition) is 4. The molecule has 1 aromatic carbocycles. The molecule has 0 radical (unpaired) electrons. The Kier molecular flexibility index (Phi) is 5.13. The number of hydrogen-bond acceptors (Lipinski definition) is 7. The van der Waals surface area contributed by atoms with Crippen molar-refractivity contribution in [1.82, 2.24) is 29.7 Å². The molecule has 1 aliphatic rings. The summed E-state index contributed by atoms with van der Waals surface area (Å²) in [4.78, 5) is 29.9. The average Bonchev–Trinajstić information content (AvgIpc) is 3.39. The van der Waals surface area contributed by atoms with Crippen LogP contribution in [0, 0.1) is 0 Å². The molecule has 5 rings (SSSR count). The van der Waals surface area contributed by atoms with E-state index in [1.807, 2.05) is 30.3 Å². The third kappa shape index (κ3) is 4.07. The highest BCUT2D eigenvalue weighted by molar-refractivity contribution is 6.07. The lowest BCUT2D eigenvalue weighted by atomic mass is 10.3. The van der Waals surface area contributed by atoms with Crippen LogP contribution < -0.4 is 21.3 Å². The van der Waals surface area contributed by atoms with Crippen LogP contribution in [0.25, 0.3) is 5.65 Å². The van der Waals surface area contributed by atoms with Crippen molar-refractivity contribution in [3.8, 4) is 0 Å². The lowest BCUT2D eigenvalue weighted by molar-refractivity contribution is 0.0943. The molecule has 0 aliphatic heterocycles. The SMILES string of the molecule is CNc1cc(Nc2cnn(C)c2C(=O)Nc2ccccc2)nn2c(C(=O)NC3CC3)cnc12. The van der Waals surface area contributed by atoms with E-state index in [4.69, 9.17) is 0 Å². The third-order valence-corrected chi connectivity index (χ3v) is 5.33. The van der Waals surface area contributed by atoms with Gasteiger partial charge in [-0.1, -0.05) is 18.2 Å². The minimum absolute atomic E-state index is 0.217. The molecular formula is C22H23N9O2. The second-order valence-electron chi connectivity index (χ2n) is 7.80. The summed E-state index contributed by atoms with van der Waals surface area (Å²) in [5.74, 6) is -0.112. The molecule has 1 fully saturated rings. The van der Waals surface area contributed by atoms with Crippen molar-refractivity contribution in [2.45, 2.75) is 18.9 Å². The summed E-state index contributed by atoms with van der Waals surface area (Å²) in [5, 5.41) is 20.8. The monoisotopic (exact) mass is 445 g/mol. The van der Waals surface area contributed by atoms with E-state index in [2.05, 4.69) is 36.4 Å². The highest BCUT2D eigenvalue weighted by atomic mass is 16.2. The van der Waals surface area contributed by atoms with Gasteiger partial charge in [0.25, 0.3) is 11.8 Å². The number of carbonyl (C=O) groups excluding carboxylic acids is 2. The molecule has 2 amide bonds. The Morgan fingerprint density at radius 2 is 1.85 bits per heavy atom. The van der Waals surface area contributed by atoms with E-state index in [0.717, 1.165) is 12.8 Å².